The van der Waals surface area contributed by atoms with Crippen molar-refractivity contribution in [2.24, 2.45) is 0 Å². The van der Waals surface area contributed by atoms with Gasteiger partial charge in [0.15, 0.2) is 0 Å². The Kier molecular flexibility index (Phi) is 4.83. The lowest BCUT2D eigenvalue weighted by Gasteiger charge is -2.17. The summed E-state index contributed by atoms with van der Waals surface area (Å²) >= 11 is 0. The minimum atomic E-state index is -0.296. The number of carbonyl (C=O) groups excluding carboxylic acids is 2. The third-order valence-electron chi connectivity index (χ3n) is 4.46. The molecular weight excluding hydrogens is 319 g/mol. The first kappa shape index (κ1) is 17.1. The van der Waals surface area contributed by atoms with Gasteiger partial charge in [0.1, 0.15) is 5.82 Å². The predicted octanol–water partition coefficient (Wildman–Crippen LogP) is 2.97. The molecule has 1 fully saturated rings. The van der Waals surface area contributed by atoms with E-state index in [1.54, 1.807) is 17.0 Å². The average molecular weight is 340 g/mol. The first-order valence-electron chi connectivity index (χ1n) is 8.32. The summed E-state index contributed by atoms with van der Waals surface area (Å²) in [5.74, 6) is -0.454. The largest absolute Gasteiger partial charge is 0.347 e. The van der Waals surface area contributed by atoms with E-state index in [1.807, 2.05) is 32.0 Å². The molecule has 0 radical (unpaired) electrons. The van der Waals surface area contributed by atoms with E-state index in [0.29, 0.717) is 18.7 Å². The maximum Gasteiger partial charge on any atom is 0.251 e. The van der Waals surface area contributed by atoms with E-state index in [9.17, 15) is 14.0 Å². The molecule has 0 unspecified atom stereocenters. The Balaban J connectivity index is 1.62. The number of benzene rings is 2. The number of nitrogens with one attached hydrogen (secondary N) is 1. The zero-order valence-electron chi connectivity index (χ0n) is 14.4. The summed E-state index contributed by atoms with van der Waals surface area (Å²) in [5, 5.41) is 2.95. The number of likely N-dealkylation sites (tertiary alicyclic amines) is 1. The van der Waals surface area contributed by atoms with E-state index in [0.717, 1.165) is 16.7 Å². The lowest BCUT2D eigenvalue weighted by atomic mass is 10.0. The van der Waals surface area contributed by atoms with Crippen molar-refractivity contribution >= 4 is 11.8 Å². The summed E-state index contributed by atoms with van der Waals surface area (Å²) in [4.78, 5) is 26.3. The van der Waals surface area contributed by atoms with E-state index in [1.165, 1.54) is 12.1 Å². The zero-order chi connectivity index (χ0) is 18.0. The van der Waals surface area contributed by atoms with E-state index in [4.69, 9.17) is 0 Å². The highest BCUT2D eigenvalue weighted by molar-refractivity contribution is 5.96. The average Bonchev–Trinajstić information content (AvgIpc) is 2.88. The Morgan fingerprint density at radius 3 is 2.60 bits per heavy atom. The third-order valence-corrected chi connectivity index (χ3v) is 4.46. The second kappa shape index (κ2) is 7.05. The highest BCUT2D eigenvalue weighted by Crippen LogP contribution is 2.17. The Hall–Kier alpha value is -2.69. The van der Waals surface area contributed by atoms with Gasteiger partial charge in [-0.25, -0.2) is 4.39 Å². The molecule has 0 saturated carbocycles. The molecule has 3 rings (SSSR count). The van der Waals surface area contributed by atoms with E-state index >= 15 is 0 Å². The van der Waals surface area contributed by atoms with Crippen molar-refractivity contribution < 1.29 is 14.0 Å². The van der Waals surface area contributed by atoms with Crippen molar-refractivity contribution in [1.29, 1.82) is 0 Å². The molecule has 130 valence electrons. The van der Waals surface area contributed by atoms with Gasteiger partial charge in [0.2, 0.25) is 5.91 Å². The molecule has 4 nitrogen and oxygen atoms in total. The molecule has 1 N–H and O–H groups in total. The molecule has 0 aliphatic carbocycles. The second-order valence-corrected chi connectivity index (χ2v) is 6.59. The molecule has 1 atom stereocenters. The molecule has 1 heterocycles. The first-order valence-corrected chi connectivity index (χ1v) is 8.32. The van der Waals surface area contributed by atoms with Gasteiger partial charge in [-0.2, -0.15) is 0 Å². The quantitative estimate of drug-likeness (QED) is 0.930. The number of nitrogens with zero attached hydrogens (tertiary/aromatic N) is 1. The minimum absolute atomic E-state index is 0.00440. The SMILES string of the molecule is Cc1ccc(C(=O)N[C@@H]2CC(=O)N(Cc3ccc(F)cc3)C2)c(C)c1. The molecule has 1 saturated heterocycles. The Labute approximate surface area is 146 Å². The smallest absolute Gasteiger partial charge is 0.251 e. The third kappa shape index (κ3) is 4.05. The number of halogens is 1. The van der Waals surface area contributed by atoms with Crippen LogP contribution in [-0.2, 0) is 11.3 Å². The molecule has 5 heteroatoms. The van der Waals surface area contributed by atoms with Crippen molar-refractivity contribution in [3.8, 4) is 0 Å². The van der Waals surface area contributed by atoms with Crippen LogP contribution < -0.4 is 5.32 Å². The van der Waals surface area contributed by atoms with Crippen LogP contribution in [0.15, 0.2) is 42.5 Å². The van der Waals surface area contributed by atoms with Crippen LogP contribution in [0.5, 0.6) is 0 Å². The second-order valence-electron chi connectivity index (χ2n) is 6.59. The molecule has 1 aliphatic heterocycles. The van der Waals surface area contributed by atoms with Gasteiger partial charge in [0.05, 0.1) is 6.04 Å². The first-order chi connectivity index (χ1) is 11.9. The van der Waals surface area contributed by atoms with Crippen molar-refractivity contribution in [1.82, 2.24) is 10.2 Å². The monoisotopic (exact) mass is 340 g/mol. The molecule has 0 spiro atoms. The van der Waals surface area contributed by atoms with Gasteiger partial charge in [-0.15, -0.1) is 0 Å². The van der Waals surface area contributed by atoms with Crippen LogP contribution >= 0.6 is 0 Å². The maximum absolute atomic E-state index is 13.0. The molecule has 1 aliphatic rings. The zero-order valence-corrected chi connectivity index (χ0v) is 14.4. The van der Waals surface area contributed by atoms with Crippen LogP contribution in [0, 0.1) is 19.7 Å². The lowest BCUT2D eigenvalue weighted by molar-refractivity contribution is -0.128. The fourth-order valence-corrected chi connectivity index (χ4v) is 3.16. The number of aryl methyl sites for hydroxylation is 2. The Morgan fingerprint density at radius 1 is 1.20 bits per heavy atom. The van der Waals surface area contributed by atoms with Gasteiger partial charge >= 0.3 is 0 Å². The summed E-state index contributed by atoms with van der Waals surface area (Å²) in [7, 11) is 0. The molecule has 0 bridgehead atoms. The van der Waals surface area contributed by atoms with E-state index in [-0.39, 0.29) is 30.1 Å². The van der Waals surface area contributed by atoms with Crippen LogP contribution in [0.2, 0.25) is 0 Å². The Bertz CT molecular complexity index is 802. The van der Waals surface area contributed by atoms with E-state index < -0.39 is 0 Å². The van der Waals surface area contributed by atoms with Gasteiger partial charge in [-0.1, -0.05) is 29.8 Å². The summed E-state index contributed by atoms with van der Waals surface area (Å²) in [6, 6.07) is 11.6. The van der Waals surface area contributed by atoms with Crippen molar-refractivity contribution in [3.05, 3.63) is 70.5 Å². The molecule has 2 aromatic rings. The highest BCUT2D eigenvalue weighted by Gasteiger charge is 2.30. The summed E-state index contributed by atoms with van der Waals surface area (Å²) < 4.78 is 13.0. The fraction of sp³-hybridized carbons (Fsp3) is 0.300. The topological polar surface area (TPSA) is 49.4 Å². The van der Waals surface area contributed by atoms with Crippen molar-refractivity contribution in [3.63, 3.8) is 0 Å². The number of rotatable bonds is 4. The summed E-state index contributed by atoms with van der Waals surface area (Å²) in [6.45, 7) is 4.78. The van der Waals surface area contributed by atoms with Crippen LogP contribution in [0.25, 0.3) is 0 Å². The molecule has 0 aromatic heterocycles. The molecule has 2 aromatic carbocycles. The Morgan fingerprint density at radius 2 is 1.92 bits per heavy atom. The van der Waals surface area contributed by atoms with Gasteiger partial charge in [0.25, 0.3) is 5.91 Å². The van der Waals surface area contributed by atoms with Gasteiger partial charge in [0, 0.05) is 25.1 Å². The van der Waals surface area contributed by atoms with E-state index in [2.05, 4.69) is 5.32 Å². The maximum atomic E-state index is 13.0. The van der Waals surface area contributed by atoms with Crippen LogP contribution in [-0.4, -0.2) is 29.3 Å². The van der Waals surface area contributed by atoms with Gasteiger partial charge < -0.3 is 10.2 Å². The van der Waals surface area contributed by atoms with Gasteiger partial charge in [-0.05, 0) is 43.2 Å². The van der Waals surface area contributed by atoms with Gasteiger partial charge in [-0.3, -0.25) is 9.59 Å². The molecule has 25 heavy (non-hydrogen) atoms. The number of carbonyl (C=O) groups is 2. The number of hydrogen-bond donors (Lipinski definition) is 1. The van der Waals surface area contributed by atoms with Crippen LogP contribution in [0.1, 0.15) is 33.5 Å². The van der Waals surface area contributed by atoms with Crippen LogP contribution in [0.4, 0.5) is 4.39 Å². The predicted molar refractivity (Wildman–Crippen MR) is 93.6 cm³/mol. The van der Waals surface area contributed by atoms with Crippen molar-refractivity contribution in [2.75, 3.05) is 6.54 Å². The standard InChI is InChI=1S/C20H21FN2O2/c1-13-3-8-18(14(2)9-13)20(25)22-17-10-19(24)23(12-17)11-15-4-6-16(21)7-5-15/h3-9,17H,10-12H2,1-2H3,(H,22,25)/t17-/m1/s1. The molecule has 2 amide bonds. The minimum Gasteiger partial charge on any atom is -0.347 e. The summed E-state index contributed by atoms with van der Waals surface area (Å²) in [6.07, 6.45) is 0.290. The number of hydrogen-bond acceptors (Lipinski definition) is 2. The number of amides is 2. The molecular formula is C20H21FN2O2. The normalized spacial score (nSPS) is 17.0. The fourth-order valence-electron chi connectivity index (χ4n) is 3.16. The van der Waals surface area contributed by atoms with Crippen molar-refractivity contribution in [2.45, 2.75) is 32.9 Å². The summed E-state index contributed by atoms with van der Waals surface area (Å²) in [5.41, 5.74) is 3.53. The highest BCUT2D eigenvalue weighted by atomic mass is 19.1. The lowest BCUT2D eigenvalue weighted by Crippen LogP contribution is -2.37. The van der Waals surface area contributed by atoms with Crippen LogP contribution in [0.3, 0.4) is 0 Å².